The van der Waals surface area contributed by atoms with E-state index in [0.29, 0.717) is 16.8 Å². The molecule has 0 aliphatic heterocycles. The Labute approximate surface area is 193 Å². The number of amides is 1. The van der Waals surface area contributed by atoms with Gasteiger partial charge >= 0.3 is 0 Å². The zero-order chi connectivity index (χ0) is 23.6. The second-order valence-electron chi connectivity index (χ2n) is 7.85. The van der Waals surface area contributed by atoms with E-state index in [1.54, 1.807) is 43.4 Å². The number of anilines is 1. The molecule has 0 atom stereocenters. The van der Waals surface area contributed by atoms with Crippen molar-refractivity contribution in [1.82, 2.24) is 14.9 Å². The Hall–Kier alpha value is -3.65. The van der Waals surface area contributed by atoms with E-state index < -0.39 is 10.0 Å². The summed E-state index contributed by atoms with van der Waals surface area (Å²) in [6.07, 6.45) is 1.93. The summed E-state index contributed by atoms with van der Waals surface area (Å²) < 4.78 is 30.3. The SMILES string of the molecule is CCCc1ccc(S(=O)(=O)Nc2ccc3c(c2)nc(-c2ccc(C(=O)NC)cc2)n3C)cc1. The number of aromatic nitrogens is 2. The summed E-state index contributed by atoms with van der Waals surface area (Å²) in [4.78, 5) is 16.7. The number of imidazole rings is 1. The monoisotopic (exact) mass is 462 g/mol. The van der Waals surface area contributed by atoms with Gasteiger partial charge in [-0.05, 0) is 54.4 Å². The number of fused-ring (bicyclic) bond motifs is 1. The third kappa shape index (κ3) is 4.61. The van der Waals surface area contributed by atoms with Crippen LogP contribution in [0.25, 0.3) is 22.4 Å². The standard InChI is InChI=1S/C25H26N4O3S/c1-4-5-17-6-13-21(14-7-17)33(31,32)28-20-12-15-23-22(16-20)27-24(29(23)3)18-8-10-19(11-9-18)25(30)26-2/h6-16,28H,4-5H2,1-3H3,(H,26,30). The Bertz CT molecular complexity index is 1410. The molecular weight excluding hydrogens is 436 g/mol. The molecular formula is C25H26N4O3S. The van der Waals surface area contributed by atoms with Gasteiger partial charge in [-0.3, -0.25) is 9.52 Å². The molecule has 2 N–H and O–H groups in total. The predicted molar refractivity (Wildman–Crippen MR) is 131 cm³/mol. The van der Waals surface area contributed by atoms with Crippen LogP contribution < -0.4 is 10.0 Å². The van der Waals surface area contributed by atoms with Crippen molar-refractivity contribution >= 4 is 32.7 Å². The van der Waals surface area contributed by atoms with Crippen molar-refractivity contribution < 1.29 is 13.2 Å². The van der Waals surface area contributed by atoms with E-state index >= 15 is 0 Å². The molecule has 0 spiro atoms. The van der Waals surface area contributed by atoms with Crippen LogP contribution in [0.4, 0.5) is 5.69 Å². The van der Waals surface area contributed by atoms with E-state index in [2.05, 4.69) is 17.0 Å². The summed E-state index contributed by atoms with van der Waals surface area (Å²) in [6.45, 7) is 2.09. The van der Waals surface area contributed by atoms with Crippen molar-refractivity contribution in [3.8, 4) is 11.4 Å². The number of nitrogens with zero attached hydrogens (tertiary/aromatic N) is 2. The maximum atomic E-state index is 12.8. The zero-order valence-corrected chi connectivity index (χ0v) is 19.6. The second-order valence-corrected chi connectivity index (χ2v) is 9.54. The van der Waals surface area contributed by atoms with Gasteiger partial charge in [-0.2, -0.15) is 0 Å². The highest BCUT2D eigenvalue weighted by Crippen LogP contribution is 2.27. The molecule has 170 valence electrons. The van der Waals surface area contributed by atoms with Crippen molar-refractivity contribution in [2.24, 2.45) is 7.05 Å². The number of carbonyl (C=O) groups is 1. The van der Waals surface area contributed by atoms with E-state index in [1.807, 2.05) is 41.9 Å². The molecule has 8 heteroatoms. The van der Waals surface area contributed by atoms with Crippen LogP contribution >= 0.6 is 0 Å². The highest BCUT2D eigenvalue weighted by molar-refractivity contribution is 7.92. The number of hydrogen-bond acceptors (Lipinski definition) is 4. The fraction of sp³-hybridized carbons (Fsp3) is 0.200. The Morgan fingerprint density at radius 1 is 1.00 bits per heavy atom. The lowest BCUT2D eigenvalue weighted by atomic mass is 10.1. The molecule has 0 aliphatic rings. The summed E-state index contributed by atoms with van der Waals surface area (Å²) in [5, 5.41) is 2.60. The first-order valence-corrected chi connectivity index (χ1v) is 12.2. The summed E-state index contributed by atoms with van der Waals surface area (Å²) >= 11 is 0. The first-order chi connectivity index (χ1) is 15.8. The smallest absolute Gasteiger partial charge is 0.261 e. The Kier molecular flexibility index (Phi) is 6.20. The lowest BCUT2D eigenvalue weighted by Gasteiger charge is -2.09. The maximum absolute atomic E-state index is 12.8. The van der Waals surface area contributed by atoms with Gasteiger partial charge in [0.2, 0.25) is 0 Å². The number of sulfonamides is 1. The number of nitrogens with one attached hydrogen (secondary N) is 2. The molecule has 0 radical (unpaired) electrons. The maximum Gasteiger partial charge on any atom is 0.261 e. The van der Waals surface area contributed by atoms with Crippen LogP contribution in [0.5, 0.6) is 0 Å². The van der Waals surface area contributed by atoms with Gasteiger partial charge in [0.25, 0.3) is 15.9 Å². The van der Waals surface area contributed by atoms with Gasteiger partial charge in [0.15, 0.2) is 0 Å². The van der Waals surface area contributed by atoms with Crippen molar-refractivity contribution in [3.63, 3.8) is 0 Å². The van der Waals surface area contributed by atoms with Crippen LogP contribution in [0.15, 0.2) is 71.6 Å². The summed E-state index contributed by atoms with van der Waals surface area (Å²) in [6, 6.07) is 19.4. The lowest BCUT2D eigenvalue weighted by molar-refractivity contribution is 0.0963. The van der Waals surface area contributed by atoms with Gasteiger partial charge in [-0.1, -0.05) is 37.6 Å². The second kappa shape index (κ2) is 9.07. The molecule has 0 fully saturated rings. The Balaban J connectivity index is 1.61. The molecule has 7 nitrogen and oxygen atoms in total. The highest BCUT2D eigenvalue weighted by atomic mass is 32.2. The van der Waals surface area contributed by atoms with Crippen LogP contribution in [-0.4, -0.2) is 30.9 Å². The molecule has 4 rings (SSSR count). The third-order valence-electron chi connectivity index (χ3n) is 5.54. The average Bonchev–Trinajstić information content (AvgIpc) is 3.14. The number of carbonyl (C=O) groups excluding carboxylic acids is 1. The first kappa shape index (κ1) is 22.5. The van der Waals surface area contributed by atoms with Gasteiger partial charge < -0.3 is 9.88 Å². The van der Waals surface area contributed by atoms with Gasteiger partial charge in [0, 0.05) is 25.2 Å². The largest absolute Gasteiger partial charge is 0.355 e. The predicted octanol–water partition coefficient (Wildman–Crippen LogP) is 4.35. The fourth-order valence-electron chi connectivity index (χ4n) is 3.77. The highest BCUT2D eigenvalue weighted by Gasteiger charge is 2.16. The fourth-order valence-corrected chi connectivity index (χ4v) is 4.82. The van der Waals surface area contributed by atoms with Crippen molar-refractivity contribution in [2.45, 2.75) is 24.7 Å². The molecule has 1 aromatic heterocycles. The quantitative estimate of drug-likeness (QED) is 0.427. The van der Waals surface area contributed by atoms with Gasteiger partial charge in [-0.25, -0.2) is 13.4 Å². The van der Waals surface area contributed by atoms with E-state index in [-0.39, 0.29) is 10.8 Å². The number of aryl methyl sites for hydroxylation is 2. The van der Waals surface area contributed by atoms with Crippen LogP contribution in [0.1, 0.15) is 29.3 Å². The average molecular weight is 463 g/mol. The molecule has 4 aromatic rings. The van der Waals surface area contributed by atoms with Crippen LogP contribution in [0, 0.1) is 0 Å². The molecule has 0 saturated carbocycles. The molecule has 0 aliphatic carbocycles. The minimum Gasteiger partial charge on any atom is -0.355 e. The first-order valence-electron chi connectivity index (χ1n) is 10.7. The summed E-state index contributed by atoms with van der Waals surface area (Å²) in [5.74, 6) is 0.573. The lowest BCUT2D eigenvalue weighted by Crippen LogP contribution is -2.17. The topological polar surface area (TPSA) is 93.1 Å². The molecule has 0 unspecified atom stereocenters. The van der Waals surface area contributed by atoms with Crippen molar-refractivity contribution in [1.29, 1.82) is 0 Å². The molecule has 1 amide bonds. The minimum absolute atomic E-state index is 0.150. The summed E-state index contributed by atoms with van der Waals surface area (Å²) in [7, 11) is -0.213. The summed E-state index contributed by atoms with van der Waals surface area (Å²) in [5.41, 5.74) is 4.52. The Morgan fingerprint density at radius 3 is 2.33 bits per heavy atom. The minimum atomic E-state index is -3.71. The molecule has 0 saturated heterocycles. The molecule has 0 bridgehead atoms. The van der Waals surface area contributed by atoms with E-state index in [0.717, 1.165) is 35.3 Å². The number of hydrogen-bond donors (Lipinski definition) is 2. The van der Waals surface area contributed by atoms with Gasteiger partial charge in [0.1, 0.15) is 5.82 Å². The van der Waals surface area contributed by atoms with E-state index in [1.165, 1.54) is 0 Å². The van der Waals surface area contributed by atoms with Crippen LogP contribution in [0.2, 0.25) is 0 Å². The van der Waals surface area contributed by atoms with Crippen molar-refractivity contribution in [2.75, 3.05) is 11.8 Å². The van der Waals surface area contributed by atoms with Crippen molar-refractivity contribution in [3.05, 3.63) is 77.9 Å². The zero-order valence-electron chi connectivity index (χ0n) is 18.8. The normalized spacial score (nSPS) is 11.5. The van der Waals surface area contributed by atoms with Crippen LogP contribution in [-0.2, 0) is 23.5 Å². The molecule has 1 heterocycles. The molecule has 33 heavy (non-hydrogen) atoms. The Morgan fingerprint density at radius 2 is 1.70 bits per heavy atom. The van der Waals surface area contributed by atoms with Gasteiger partial charge in [-0.15, -0.1) is 0 Å². The molecule has 3 aromatic carbocycles. The van der Waals surface area contributed by atoms with E-state index in [9.17, 15) is 13.2 Å². The van der Waals surface area contributed by atoms with E-state index in [4.69, 9.17) is 4.98 Å². The van der Waals surface area contributed by atoms with Crippen LogP contribution in [0.3, 0.4) is 0 Å². The number of benzene rings is 3. The van der Waals surface area contributed by atoms with Gasteiger partial charge in [0.05, 0.1) is 21.6 Å². The number of rotatable bonds is 7. The third-order valence-corrected chi connectivity index (χ3v) is 6.93.